The number of hydrogen-bond donors (Lipinski definition) is 0. The number of methoxy groups -OCH3 is 2. The van der Waals surface area contributed by atoms with Gasteiger partial charge < -0.3 is 19.3 Å². The lowest BCUT2D eigenvalue weighted by Gasteiger charge is -2.47. The maximum Gasteiger partial charge on any atom is 0.355 e. The molecule has 4 rings (SSSR count). The van der Waals surface area contributed by atoms with Gasteiger partial charge in [0.15, 0.2) is 0 Å². The van der Waals surface area contributed by atoms with E-state index in [9.17, 15) is 9.59 Å². The van der Waals surface area contributed by atoms with Crippen molar-refractivity contribution in [3.05, 3.63) is 108 Å². The number of rotatable bonds is 5. The zero-order valence-electron chi connectivity index (χ0n) is 18.0. The lowest BCUT2D eigenvalue weighted by atomic mass is 9.99. The molecule has 0 aliphatic carbocycles. The van der Waals surface area contributed by atoms with Crippen LogP contribution in [0.1, 0.15) is 11.7 Å². The molecule has 1 atom stereocenters. The molecule has 0 N–H and O–H groups in total. The molecule has 3 aromatic rings. The number of carbonyl (C=O) groups is 2. The van der Waals surface area contributed by atoms with Gasteiger partial charge in [0, 0.05) is 11.4 Å². The van der Waals surface area contributed by atoms with Gasteiger partial charge in [-0.05, 0) is 29.8 Å². The summed E-state index contributed by atoms with van der Waals surface area (Å²) in [6, 6.07) is 29.2. The fourth-order valence-electron chi connectivity index (χ4n) is 4.01. The van der Waals surface area contributed by atoms with E-state index in [4.69, 9.17) is 9.47 Å². The minimum absolute atomic E-state index is 0.173. The van der Waals surface area contributed by atoms with Gasteiger partial charge in [-0.15, -0.1) is 0 Å². The molecule has 0 radical (unpaired) electrons. The molecule has 6 nitrogen and oxygen atoms in total. The summed E-state index contributed by atoms with van der Waals surface area (Å²) < 4.78 is 10.2. The van der Waals surface area contributed by atoms with Crippen LogP contribution < -0.4 is 9.80 Å². The lowest BCUT2D eigenvalue weighted by molar-refractivity contribution is -0.139. The Balaban J connectivity index is 2.03. The molecule has 0 bridgehead atoms. The summed E-state index contributed by atoms with van der Waals surface area (Å²) in [7, 11) is 2.63. The van der Waals surface area contributed by atoms with Crippen LogP contribution in [0.15, 0.2) is 102 Å². The molecule has 1 aliphatic rings. The van der Waals surface area contributed by atoms with Crippen LogP contribution in [0.3, 0.4) is 0 Å². The number of benzene rings is 3. The normalized spacial score (nSPS) is 16.0. The Morgan fingerprint density at radius 3 is 1.75 bits per heavy atom. The van der Waals surface area contributed by atoms with Gasteiger partial charge in [-0.1, -0.05) is 66.7 Å². The molecule has 0 spiro atoms. The predicted octanol–water partition coefficient (Wildman–Crippen LogP) is 4.31. The van der Waals surface area contributed by atoms with E-state index < -0.39 is 18.1 Å². The number of ether oxygens (including phenoxy) is 2. The molecule has 32 heavy (non-hydrogen) atoms. The first kappa shape index (κ1) is 21.2. The van der Waals surface area contributed by atoms with Gasteiger partial charge in [0.25, 0.3) is 0 Å². The third-order valence-electron chi connectivity index (χ3n) is 5.43. The number of carbonyl (C=O) groups excluding carboxylic acids is 2. The number of esters is 2. The number of anilines is 2. The monoisotopic (exact) mass is 428 g/mol. The zero-order valence-corrected chi connectivity index (χ0v) is 18.0. The summed E-state index contributed by atoms with van der Waals surface area (Å²) in [5.41, 5.74) is 3.03. The van der Waals surface area contributed by atoms with Crippen molar-refractivity contribution < 1.29 is 19.1 Å². The Hall–Kier alpha value is -4.06. The van der Waals surface area contributed by atoms with E-state index in [1.165, 1.54) is 14.2 Å². The quantitative estimate of drug-likeness (QED) is 0.565. The van der Waals surface area contributed by atoms with Gasteiger partial charge in [-0.3, -0.25) is 0 Å². The second kappa shape index (κ2) is 9.39. The second-order valence-corrected chi connectivity index (χ2v) is 7.26. The van der Waals surface area contributed by atoms with Crippen molar-refractivity contribution in [1.29, 1.82) is 0 Å². The third-order valence-corrected chi connectivity index (χ3v) is 5.43. The van der Waals surface area contributed by atoms with Crippen molar-refractivity contribution in [1.82, 2.24) is 0 Å². The summed E-state index contributed by atoms with van der Waals surface area (Å²) in [5.74, 6) is -1.17. The van der Waals surface area contributed by atoms with E-state index in [0.717, 1.165) is 16.9 Å². The van der Waals surface area contributed by atoms with E-state index in [1.54, 1.807) is 0 Å². The first-order valence-electron chi connectivity index (χ1n) is 10.3. The number of nitrogens with zero attached hydrogens (tertiary/aromatic N) is 2. The smallest absolute Gasteiger partial charge is 0.355 e. The minimum atomic E-state index is -0.595. The molecule has 6 heteroatoms. The first-order valence-corrected chi connectivity index (χ1v) is 10.3. The van der Waals surface area contributed by atoms with Gasteiger partial charge in [0.1, 0.15) is 11.9 Å². The standard InChI is InChI=1S/C26H24N2O4/c1-31-25(29)22-18-27(20-14-8-4-9-15-20)24(19-12-6-3-7-13-19)28(23(22)26(30)32-2)21-16-10-5-11-17-21/h3-17,24H,18H2,1-2H3/t24-/m0/s1. The van der Waals surface area contributed by atoms with E-state index >= 15 is 0 Å². The van der Waals surface area contributed by atoms with E-state index in [1.807, 2.05) is 95.9 Å². The van der Waals surface area contributed by atoms with E-state index in [-0.39, 0.29) is 17.8 Å². The van der Waals surface area contributed by atoms with Gasteiger partial charge >= 0.3 is 11.9 Å². The zero-order chi connectivity index (χ0) is 22.5. The largest absolute Gasteiger partial charge is 0.466 e. The van der Waals surface area contributed by atoms with Crippen molar-refractivity contribution in [2.75, 3.05) is 30.6 Å². The molecule has 0 saturated heterocycles. The van der Waals surface area contributed by atoms with E-state index in [2.05, 4.69) is 4.90 Å². The Morgan fingerprint density at radius 2 is 1.22 bits per heavy atom. The second-order valence-electron chi connectivity index (χ2n) is 7.26. The van der Waals surface area contributed by atoms with Crippen LogP contribution in [-0.2, 0) is 19.1 Å². The van der Waals surface area contributed by atoms with Crippen LogP contribution in [0.4, 0.5) is 11.4 Å². The number of hydrogen-bond acceptors (Lipinski definition) is 6. The maximum absolute atomic E-state index is 13.1. The van der Waals surface area contributed by atoms with Crippen molar-refractivity contribution in [3.63, 3.8) is 0 Å². The van der Waals surface area contributed by atoms with Crippen LogP contribution >= 0.6 is 0 Å². The molecule has 162 valence electrons. The average molecular weight is 428 g/mol. The van der Waals surface area contributed by atoms with Crippen molar-refractivity contribution in [2.45, 2.75) is 6.17 Å². The van der Waals surface area contributed by atoms with Gasteiger partial charge in [0.05, 0.1) is 26.3 Å². The molecule has 0 fully saturated rings. The Bertz CT molecular complexity index is 1110. The SMILES string of the molecule is COC(=O)C1=C(C(=O)OC)N(c2ccccc2)[C@@H](c2ccccc2)N(c2ccccc2)C1. The van der Waals surface area contributed by atoms with Crippen LogP contribution in [0, 0.1) is 0 Å². The molecular weight excluding hydrogens is 404 g/mol. The topological polar surface area (TPSA) is 59.1 Å². The molecule has 3 aromatic carbocycles. The fourth-order valence-corrected chi connectivity index (χ4v) is 4.01. The Morgan fingerprint density at radius 1 is 0.719 bits per heavy atom. The van der Waals surface area contributed by atoms with Crippen LogP contribution in [0.2, 0.25) is 0 Å². The number of para-hydroxylation sites is 2. The third kappa shape index (κ3) is 3.95. The molecule has 1 heterocycles. The summed E-state index contributed by atoms with van der Waals surface area (Å²) >= 11 is 0. The molecule has 0 aromatic heterocycles. The lowest BCUT2D eigenvalue weighted by Crippen LogP contribution is -2.50. The van der Waals surface area contributed by atoms with Crippen molar-refractivity contribution >= 4 is 23.3 Å². The highest BCUT2D eigenvalue weighted by molar-refractivity contribution is 6.04. The molecule has 1 aliphatic heterocycles. The Labute approximate surface area is 187 Å². The highest BCUT2D eigenvalue weighted by atomic mass is 16.5. The highest BCUT2D eigenvalue weighted by Gasteiger charge is 2.42. The summed E-state index contributed by atoms with van der Waals surface area (Å²) in [6.07, 6.45) is -0.400. The van der Waals surface area contributed by atoms with Crippen molar-refractivity contribution in [2.24, 2.45) is 0 Å². The van der Waals surface area contributed by atoms with Gasteiger partial charge in [0.2, 0.25) is 0 Å². The summed E-state index contributed by atoms with van der Waals surface area (Å²) in [5, 5.41) is 0. The Kier molecular flexibility index (Phi) is 6.22. The first-order chi connectivity index (χ1) is 15.7. The van der Waals surface area contributed by atoms with Gasteiger partial charge in [-0.25, -0.2) is 9.59 Å². The predicted molar refractivity (Wildman–Crippen MR) is 123 cm³/mol. The molecule has 0 unspecified atom stereocenters. The van der Waals surface area contributed by atoms with E-state index in [0.29, 0.717) is 0 Å². The maximum atomic E-state index is 13.1. The highest BCUT2D eigenvalue weighted by Crippen LogP contribution is 2.41. The molecule has 0 amide bonds. The average Bonchev–Trinajstić information content (AvgIpc) is 2.88. The molecule has 0 saturated carbocycles. The van der Waals surface area contributed by atoms with Crippen LogP contribution in [0.25, 0.3) is 0 Å². The van der Waals surface area contributed by atoms with Crippen LogP contribution in [0.5, 0.6) is 0 Å². The van der Waals surface area contributed by atoms with Crippen LogP contribution in [-0.4, -0.2) is 32.7 Å². The summed E-state index contributed by atoms with van der Waals surface area (Å²) in [4.78, 5) is 29.8. The van der Waals surface area contributed by atoms with Crippen molar-refractivity contribution in [3.8, 4) is 0 Å². The fraction of sp³-hybridized carbons (Fsp3) is 0.154. The summed E-state index contributed by atoms with van der Waals surface area (Å²) in [6.45, 7) is 0.185. The van der Waals surface area contributed by atoms with Gasteiger partial charge in [-0.2, -0.15) is 0 Å². The molecular formula is C26H24N2O4. The minimum Gasteiger partial charge on any atom is -0.466 e.